The van der Waals surface area contributed by atoms with Crippen LogP contribution in [0.1, 0.15) is 38.7 Å². The standard InChI is InChI=1S/C25H31FO10/c1-14(20(34-16(3)27)15(2)11-17-7-5-4-6-8-17)9-10-24-18(28)12-23(36-24,21(29)30)25(33,22(31)32)19(13-26)35-24/h4-8,15,18-20,28,33H,1,9-13H2,2-3H3,(H,29,30)(H,31,32)/t15-,18-,19?,20-,23?,24?,25?/m1/s1. The van der Waals surface area contributed by atoms with E-state index >= 15 is 0 Å². The predicted octanol–water partition coefficient (Wildman–Crippen LogP) is 1.62. The number of carbonyl (C=O) groups is 3. The highest BCUT2D eigenvalue weighted by atomic mass is 19.1. The number of esters is 1. The van der Waals surface area contributed by atoms with Gasteiger partial charge in [-0.1, -0.05) is 43.8 Å². The number of hydrogen-bond donors (Lipinski definition) is 4. The lowest BCUT2D eigenvalue weighted by Gasteiger charge is -2.49. The average molecular weight is 511 g/mol. The van der Waals surface area contributed by atoms with Gasteiger partial charge in [-0.2, -0.15) is 0 Å². The fraction of sp³-hybridized carbons (Fsp3) is 0.560. The first-order valence-electron chi connectivity index (χ1n) is 11.5. The van der Waals surface area contributed by atoms with Gasteiger partial charge in [0.1, 0.15) is 25.0 Å². The van der Waals surface area contributed by atoms with Crippen LogP contribution in [0.4, 0.5) is 4.39 Å². The highest BCUT2D eigenvalue weighted by molar-refractivity contribution is 5.92. The van der Waals surface area contributed by atoms with Gasteiger partial charge in [-0.25, -0.2) is 14.0 Å². The van der Waals surface area contributed by atoms with Crippen LogP contribution < -0.4 is 0 Å². The normalized spacial score (nSPS) is 32.9. The number of aliphatic hydroxyl groups excluding tert-OH is 1. The summed E-state index contributed by atoms with van der Waals surface area (Å²) in [5.41, 5.74) is -4.71. The lowest BCUT2D eigenvalue weighted by Crippen LogP contribution is -2.74. The molecule has 7 atom stereocenters. The van der Waals surface area contributed by atoms with Crippen LogP contribution in [0.25, 0.3) is 0 Å². The van der Waals surface area contributed by atoms with Gasteiger partial charge in [-0.15, -0.1) is 0 Å². The molecule has 2 heterocycles. The van der Waals surface area contributed by atoms with Gasteiger partial charge in [-0.05, 0) is 24.0 Å². The van der Waals surface area contributed by atoms with E-state index in [2.05, 4.69) is 6.58 Å². The van der Waals surface area contributed by atoms with Gasteiger partial charge in [0.05, 0.1) is 0 Å². The molecule has 3 rings (SSSR count). The van der Waals surface area contributed by atoms with Gasteiger partial charge in [0.2, 0.25) is 11.2 Å². The van der Waals surface area contributed by atoms with Crippen molar-refractivity contribution < 1.29 is 53.4 Å². The smallest absolute Gasteiger partial charge is 0.342 e. The number of halogens is 1. The summed E-state index contributed by atoms with van der Waals surface area (Å²) in [5.74, 6) is -6.80. The molecule has 4 N–H and O–H groups in total. The lowest BCUT2D eigenvalue weighted by molar-refractivity contribution is -0.378. The van der Waals surface area contributed by atoms with Gasteiger partial charge >= 0.3 is 17.9 Å². The molecular weight excluding hydrogens is 479 g/mol. The van der Waals surface area contributed by atoms with Crippen LogP contribution in [0, 0.1) is 5.92 Å². The van der Waals surface area contributed by atoms with Crippen molar-refractivity contribution in [1.82, 2.24) is 0 Å². The second-order valence-electron chi connectivity index (χ2n) is 9.45. The van der Waals surface area contributed by atoms with E-state index in [4.69, 9.17) is 14.2 Å². The Morgan fingerprint density at radius 3 is 2.39 bits per heavy atom. The monoisotopic (exact) mass is 510 g/mol. The van der Waals surface area contributed by atoms with E-state index in [1.807, 2.05) is 37.3 Å². The first-order chi connectivity index (χ1) is 16.8. The topological polar surface area (TPSA) is 160 Å². The minimum absolute atomic E-state index is 0.00561. The first-order valence-corrected chi connectivity index (χ1v) is 11.5. The molecule has 0 radical (unpaired) electrons. The summed E-state index contributed by atoms with van der Waals surface area (Å²) >= 11 is 0. The van der Waals surface area contributed by atoms with E-state index in [-0.39, 0.29) is 18.8 Å². The van der Waals surface area contributed by atoms with E-state index in [1.165, 1.54) is 6.92 Å². The quantitative estimate of drug-likeness (QED) is 0.254. The van der Waals surface area contributed by atoms with E-state index in [1.54, 1.807) is 0 Å². The van der Waals surface area contributed by atoms with E-state index in [0.29, 0.717) is 12.0 Å². The molecule has 2 saturated heterocycles. The predicted molar refractivity (Wildman–Crippen MR) is 121 cm³/mol. The molecule has 0 aromatic heterocycles. The molecule has 4 unspecified atom stereocenters. The number of hydrogen-bond acceptors (Lipinski definition) is 8. The summed E-state index contributed by atoms with van der Waals surface area (Å²) in [6, 6.07) is 9.48. The van der Waals surface area contributed by atoms with Crippen LogP contribution in [0.5, 0.6) is 0 Å². The zero-order valence-corrected chi connectivity index (χ0v) is 20.1. The van der Waals surface area contributed by atoms with Crippen LogP contribution in [0.2, 0.25) is 0 Å². The summed E-state index contributed by atoms with van der Waals surface area (Å²) < 4.78 is 30.3. The largest absolute Gasteiger partial charge is 0.479 e. The van der Waals surface area contributed by atoms with E-state index < -0.39 is 66.3 Å². The highest BCUT2D eigenvalue weighted by Crippen LogP contribution is 2.54. The van der Waals surface area contributed by atoms with Crippen molar-refractivity contribution in [1.29, 1.82) is 0 Å². The van der Waals surface area contributed by atoms with Crippen molar-refractivity contribution in [3.63, 3.8) is 0 Å². The number of ether oxygens (including phenoxy) is 3. The Bertz CT molecular complexity index is 1020. The Morgan fingerprint density at radius 2 is 1.86 bits per heavy atom. The van der Waals surface area contributed by atoms with Crippen LogP contribution in [-0.4, -0.2) is 80.3 Å². The molecule has 1 aromatic carbocycles. The third kappa shape index (κ3) is 4.63. The van der Waals surface area contributed by atoms with Crippen LogP contribution in [0.15, 0.2) is 42.5 Å². The molecule has 0 aliphatic carbocycles. The Kier molecular flexibility index (Phi) is 7.89. The van der Waals surface area contributed by atoms with Crippen LogP contribution >= 0.6 is 0 Å². The summed E-state index contributed by atoms with van der Waals surface area (Å²) in [6.07, 6.45) is -5.12. The number of alkyl halides is 1. The lowest BCUT2D eigenvalue weighted by atomic mass is 9.76. The molecular formula is C25H31FO10. The van der Waals surface area contributed by atoms with Gasteiger partial charge < -0.3 is 34.6 Å². The summed E-state index contributed by atoms with van der Waals surface area (Å²) in [5, 5.41) is 40.9. The first kappa shape index (κ1) is 27.7. The highest BCUT2D eigenvalue weighted by Gasteiger charge is 2.79. The minimum Gasteiger partial charge on any atom is -0.479 e. The molecule has 2 fully saturated rings. The van der Waals surface area contributed by atoms with Gasteiger partial charge in [0.15, 0.2) is 5.79 Å². The number of aliphatic carboxylic acids is 2. The Hall–Kier alpha value is -2.86. The summed E-state index contributed by atoms with van der Waals surface area (Å²) in [7, 11) is 0. The zero-order valence-electron chi connectivity index (χ0n) is 20.1. The molecule has 2 aliphatic rings. The average Bonchev–Trinajstić information content (AvgIpc) is 3.09. The number of fused-ring (bicyclic) bond motifs is 2. The van der Waals surface area contributed by atoms with Crippen molar-refractivity contribution in [2.45, 2.75) is 74.8 Å². The number of rotatable bonds is 11. The third-order valence-electron chi connectivity index (χ3n) is 6.98. The van der Waals surface area contributed by atoms with Crippen molar-refractivity contribution >= 4 is 17.9 Å². The maximum atomic E-state index is 13.9. The van der Waals surface area contributed by atoms with Gasteiger partial charge in [0.25, 0.3) is 0 Å². The van der Waals surface area contributed by atoms with Crippen molar-refractivity contribution in [2.24, 2.45) is 5.92 Å². The van der Waals surface area contributed by atoms with E-state index in [9.17, 15) is 39.2 Å². The second kappa shape index (κ2) is 10.3. The van der Waals surface area contributed by atoms with E-state index in [0.717, 1.165) is 5.56 Å². The summed E-state index contributed by atoms with van der Waals surface area (Å²) in [6.45, 7) is 5.58. The Labute approximate surface area is 207 Å². The van der Waals surface area contributed by atoms with Crippen molar-refractivity contribution in [3.05, 3.63) is 48.0 Å². The van der Waals surface area contributed by atoms with Crippen molar-refractivity contribution in [3.8, 4) is 0 Å². The molecule has 0 saturated carbocycles. The molecule has 0 amide bonds. The molecule has 198 valence electrons. The molecule has 36 heavy (non-hydrogen) atoms. The number of carboxylic acid groups (broad SMARTS) is 2. The fourth-order valence-electron chi connectivity index (χ4n) is 5.13. The van der Waals surface area contributed by atoms with Crippen LogP contribution in [-0.2, 0) is 35.0 Å². The Balaban J connectivity index is 1.84. The molecule has 2 aliphatic heterocycles. The molecule has 10 nitrogen and oxygen atoms in total. The maximum Gasteiger partial charge on any atom is 0.342 e. The second-order valence-corrected chi connectivity index (χ2v) is 9.45. The maximum absolute atomic E-state index is 13.9. The van der Waals surface area contributed by atoms with Gasteiger partial charge in [-0.3, -0.25) is 4.79 Å². The fourth-order valence-corrected chi connectivity index (χ4v) is 5.13. The minimum atomic E-state index is -3.28. The van der Waals surface area contributed by atoms with Crippen LogP contribution in [0.3, 0.4) is 0 Å². The molecule has 1 aromatic rings. The van der Waals surface area contributed by atoms with Crippen molar-refractivity contribution in [2.75, 3.05) is 6.67 Å². The number of carbonyl (C=O) groups excluding carboxylic acids is 1. The molecule has 2 bridgehead atoms. The SMILES string of the molecule is C=C(CCC12OC(CF)C(O)(C(=O)O)C(C(=O)O)(C[C@H]1O)O2)[C@@H](OC(C)=O)[C@H](C)Cc1ccccc1. The number of benzene rings is 1. The third-order valence-corrected chi connectivity index (χ3v) is 6.98. The Morgan fingerprint density at radius 1 is 1.22 bits per heavy atom. The van der Waals surface area contributed by atoms with Gasteiger partial charge in [0, 0.05) is 25.7 Å². The number of aliphatic hydroxyl groups is 2. The molecule has 11 heteroatoms. The summed E-state index contributed by atoms with van der Waals surface area (Å²) in [4.78, 5) is 35.8. The molecule has 0 spiro atoms. The number of carboxylic acids is 2. The zero-order chi connectivity index (χ0) is 26.9.